The molecular formula is C13H18N4O4. The smallest absolute Gasteiger partial charge is 0.167 e. The molecule has 0 amide bonds. The van der Waals surface area contributed by atoms with Crippen molar-refractivity contribution in [3.63, 3.8) is 0 Å². The van der Waals surface area contributed by atoms with Gasteiger partial charge in [0.1, 0.15) is 35.1 Å². The molecule has 0 aliphatic carbocycles. The summed E-state index contributed by atoms with van der Waals surface area (Å²) in [6, 6.07) is 1.71. The number of aromatic nitrogens is 3. The first-order valence-corrected chi connectivity index (χ1v) is 6.58. The molecule has 2 aromatic heterocycles. The number of rotatable bonds is 2. The summed E-state index contributed by atoms with van der Waals surface area (Å²) in [7, 11) is 0. The number of ether oxygens (including phenoxy) is 1. The summed E-state index contributed by atoms with van der Waals surface area (Å²) in [6.45, 7) is 2.49. The van der Waals surface area contributed by atoms with E-state index in [4.69, 9.17) is 10.5 Å². The Labute approximate surface area is 120 Å². The fourth-order valence-electron chi connectivity index (χ4n) is 2.73. The van der Waals surface area contributed by atoms with Gasteiger partial charge in [0.15, 0.2) is 6.23 Å². The van der Waals surface area contributed by atoms with E-state index in [1.807, 2.05) is 0 Å². The number of aliphatic hydroxyl groups is 3. The minimum Gasteiger partial charge on any atom is -0.394 e. The van der Waals surface area contributed by atoms with Gasteiger partial charge in [0.25, 0.3) is 0 Å². The first-order valence-electron chi connectivity index (χ1n) is 6.58. The van der Waals surface area contributed by atoms with E-state index >= 15 is 0 Å². The van der Waals surface area contributed by atoms with E-state index in [-0.39, 0.29) is 0 Å². The van der Waals surface area contributed by atoms with Gasteiger partial charge in [0.2, 0.25) is 0 Å². The average molecular weight is 294 g/mol. The van der Waals surface area contributed by atoms with Crippen LogP contribution in [0, 0.1) is 0 Å². The van der Waals surface area contributed by atoms with Crippen LogP contribution in [0.4, 0.5) is 5.82 Å². The van der Waals surface area contributed by atoms with Crippen molar-refractivity contribution in [1.29, 1.82) is 0 Å². The standard InChI is InChI=1S/C13H18N4O4/c1-12(19)8(5-18)21-11(13(12,2)20)17-4-3-7-9(14)15-6-16-10(7)17/h3-4,6,8,11,18-20H,5H2,1-2H3,(H2,14,15,16)/t8-,11-,12-,13+/m1/s1. The second kappa shape index (κ2) is 4.38. The van der Waals surface area contributed by atoms with Crippen LogP contribution in [0.5, 0.6) is 0 Å². The highest BCUT2D eigenvalue weighted by molar-refractivity contribution is 5.86. The Morgan fingerprint density at radius 1 is 1.33 bits per heavy atom. The number of hydrogen-bond acceptors (Lipinski definition) is 7. The van der Waals surface area contributed by atoms with Crippen LogP contribution in [0.1, 0.15) is 20.1 Å². The van der Waals surface area contributed by atoms with E-state index in [0.29, 0.717) is 16.9 Å². The lowest BCUT2D eigenvalue weighted by Gasteiger charge is -2.35. The third-order valence-corrected chi connectivity index (χ3v) is 4.38. The van der Waals surface area contributed by atoms with E-state index < -0.39 is 30.1 Å². The van der Waals surface area contributed by atoms with Crippen molar-refractivity contribution in [1.82, 2.24) is 14.5 Å². The number of nitrogens with two attached hydrogens (primary N) is 1. The summed E-state index contributed by atoms with van der Waals surface area (Å²) in [5.74, 6) is 0.321. The monoisotopic (exact) mass is 294 g/mol. The largest absolute Gasteiger partial charge is 0.394 e. The number of aliphatic hydroxyl groups excluding tert-OH is 1. The summed E-state index contributed by atoms with van der Waals surface area (Å²) >= 11 is 0. The zero-order valence-electron chi connectivity index (χ0n) is 11.8. The predicted molar refractivity (Wildman–Crippen MR) is 74.2 cm³/mol. The van der Waals surface area contributed by atoms with Gasteiger partial charge in [-0.2, -0.15) is 0 Å². The van der Waals surface area contributed by atoms with Crippen LogP contribution in [0.3, 0.4) is 0 Å². The van der Waals surface area contributed by atoms with E-state index in [2.05, 4.69) is 9.97 Å². The van der Waals surface area contributed by atoms with E-state index in [9.17, 15) is 15.3 Å². The van der Waals surface area contributed by atoms with E-state index in [1.165, 1.54) is 20.2 Å². The molecule has 0 bridgehead atoms. The summed E-state index contributed by atoms with van der Waals surface area (Å²) < 4.78 is 7.23. The van der Waals surface area contributed by atoms with Crippen molar-refractivity contribution >= 4 is 16.9 Å². The quantitative estimate of drug-likeness (QED) is 0.582. The van der Waals surface area contributed by atoms with Crippen LogP contribution in [0.15, 0.2) is 18.6 Å². The highest BCUT2D eigenvalue weighted by atomic mass is 16.6. The molecule has 4 atom stereocenters. The Bertz CT molecular complexity index is 682. The molecule has 1 saturated heterocycles. The number of nitrogen functional groups attached to an aromatic ring is 1. The van der Waals surface area contributed by atoms with Gasteiger partial charge in [-0.15, -0.1) is 0 Å². The molecule has 0 unspecified atom stereocenters. The number of nitrogens with zero attached hydrogens (tertiary/aromatic N) is 3. The molecule has 3 rings (SSSR count). The van der Waals surface area contributed by atoms with E-state index in [0.717, 1.165) is 0 Å². The Hall–Kier alpha value is -1.74. The average Bonchev–Trinajstić information content (AvgIpc) is 2.90. The molecule has 3 heterocycles. The molecule has 2 aromatic rings. The molecule has 114 valence electrons. The van der Waals surface area contributed by atoms with Gasteiger partial charge < -0.3 is 30.4 Å². The maximum atomic E-state index is 10.7. The van der Waals surface area contributed by atoms with Crippen LogP contribution in [-0.2, 0) is 4.74 Å². The Morgan fingerprint density at radius 2 is 2.05 bits per heavy atom. The second-order valence-electron chi connectivity index (χ2n) is 5.67. The molecular weight excluding hydrogens is 276 g/mol. The topological polar surface area (TPSA) is 127 Å². The lowest BCUT2D eigenvalue weighted by atomic mass is 9.83. The van der Waals surface area contributed by atoms with Crippen LogP contribution >= 0.6 is 0 Å². The third-order valence-electron chi connectivity index (χ3n) is 4.38. The molecule has 0 spiro atoms. The van der Waals surface area contributed by atoms with Gasteiger partial charge in [-0.25, -0.2) is 9.97 Å². The van der Waals surface area contributed by atoms with Gasteiger partial charge in [0.05, 0.1) is 12.0 Å². The highest BCUT2D eigenvalue weighted by Gasteiger charge is 2.61. The lowest BCUT2D eigenvalue weighted by molar-refractivity contribution is -0.134. The summed E-state index contributed by atoms with van der Waals surface area (Å²) in [6.07, 6.45) is 1.16. The van der Waals surface area contributed by atoms with Crippen LogP contribution in [0.2, 0.25) is 0 Å². The van der Waals surface area contributed by atoms with Crippen LogP contribution < -0.4 is 5.73 Å². The van der Waals surface area contributed by atoms with Crippen LogP contribution in [-0.4, -0.2) is 53.8 Å². The van der Waals surface area contributed by atoms with Gasteiger partial charge >= 0.3 is 0 Å². The van der Waals surface area contributed by atoms with Crippen molar-refractivity contribution in [3.05, 3.63) is 18.6 Å². The molecule has 21 heavy (non-hydrogen) atoms. The summed E-state index contributed by atoms with van der Waals surface area (Å²) in [5, 5.41) is 31.2. The number of fused-ring (bicyclic) bond motifs is 1. The molecule has 8 heteroatoms. The molecule has 0 saturated carbocycles. The second-order valence-corrected chi connectivity index (χ2v) is 5.67. The molecule has 1 aliphatic heterocycles. The van der Waals surface area contributed by atoms with Crippen molar-refractivity contribution in [3.8, 4) is 0 Å². The van der Waals surface area contributed by atoms with Crippen molar-refractivity contribution < 1.29 is 20.1 Å². The SMILES string of the molecule is C[C@]1(O)[C@H](n2ccc3c(N)ncnc32)O[C@H](CO)[C@@]1(C)O. The first-order chi connectivity index (χ1) is 9.80. The third kappa shape index (κ3) is 1.77. The van der Waals surface area contributed by atoms with Crippen molar-refractivity contribution in [2.75, 3.05) is 12.3 Å². The Morgan fingerprint density at radius 3 is 2.67 bits per heavy atom. The van der Waals surface area contributed by atoms with Crippen molar-refractivity contribution in [2.45, 2.75) is 37.4 Å². The predicted octanol–water partition coefficient (Wildman–Crippen LogP) is -0.595. The maximum Gasteiger partial charge on any atom is 0.167 e. The minimum atomic E-state index is -1.62. The fourth-order valence-corrected chi connectivity index (χ4v) is 2.73. The van der Waals surface area contributed by atoms with Gasteiger partial charge in [-0.3, -0.25) is 0 Å². The van der Waals surface area contributed by atoms with Gasteiger partial charge in [0, 0.05) is 6.20 Å². The number of anilines is 1. The Balaban J connectivity index is 2.13. The van der Waals surface area contributed by atoms with E-state index in [1.54, 1.807) is 16.8 Å². The fraction of sp³-hybridized carbons (Fsp3) is 0.538. The molecule has 5 N–H and O–H groups in total. The zero-order chi connectivity index (χ0) is 15.4. The maximum absolute atomic E-state index is 10.7. The normalized spacial score (nSPS) is 36.4. The van der Waals surface area contributed by atoms with Crippen LogP contribution in [0.25, 0.3) is 11.0 Å². The molecule has 1 fully saturated rings. The zero-order valence-corrected chi connectivity index (χ0v) is 11.8. The Kier molecular flexibility index (Phi) is 2.96. The molecule has 0 radical (unpaired) electrons. The van der Waals surface area contributed by atoms with Crippen molar-refractivity contribution in [2.24, 2.45) is 0 Å². The summed E-state index contributed by atoms with van der Waals surface area (Å²) in [4.78, 5) is 8.05. The molecule has 0 aromatic carbocycles. The molecule has 8 nitrogen and oxygen atoms in total. The van der Waals surface area contributed by atoms with Gasteiger partial charge in [-0.05, 0) is 19.9 Å². The molecule has 1 aliphatic rings. The first kappa shape index (κ1) is 14.2. The van der Waals surface area contributed by atoms with Gasteiger partial charge in [-0.1, -0.05) is 0 Å². The lowest BCUT2D eigenvalue weighted by Crippen LogP contribution is -2.54. The summed E-state index contributed by atoms with van der Waals surface area (Å²) in [5.41, 5.74) is 3.05. The minimum absolute atomic E-state index is 0.321. The highest BCUT2D eigenvalue weighted by Crippen LogP contribution is 2.46. The number of hydrogen-bond donors (Lipinski definition) is 4.